The Balaban J connectivity index is 1.28. The molecule has 242 valence electrons. The molecule has 1 aliphatic heterocycles. The molecule has 2 atom stereocenters. The first-order chi connectivity index (χ1) is 22.8. The number of carboxylic acid groups (broad SMARTS) is 1. The Labute approximate surface area is 280 Å². The van der Waals surface area contributed by atoms with Crippen LogP contribution in [0, 0.1) is 5.92 Å². The van der Waals surface area contributed by atoms with Crippen molar-refractivity contribution in [3.8, 4) is 16.9 Å². The molecule has 0 saturated heterocycles. The average molecular weight is 651 g/mol. The Morgan fingerprint density at radius 3 is 2.36 bits per heavy atom. The number of ether oxygens (including phenoxy) is 1. The monoisotopic (exact) mass is 650 g/mol. The SMILES string of the molecule is O=C(O)CC(NC(=O)C1c2cc(OCc3cccc(Cl)c3)ccc2CCN1C(=O)CC1CCCC1)c1ccc(-c2ccccc2)cc1. The minimum atomic E-state index is -1.03. The van der Waals surface area contributed by atoms with Crippen molar-refractivity contribution in [2.75, 3.05) is 6.54 Å². The van der Waals surface area contributed by atoms with Gasteiger partial charge >= 0.3 is 5.97 Å². The molecule has 2 N–H and O–H groups in total. The molecule has 47 heavy (non-hydrogen) atoms. The number of carboxylic acids is 1. The zero-order valence-corrected chi connectivity index (χ0v) is 27.0. The van der Waals surface area contributed by atoms with Crippen LogP contribution in [0.5, 0.6) is 5.75 Å². The van der Waals surface area contributed by atoms with E-state index in [0.29, 0.717) is 53.8 Å². The first kappa shape index (κ1) is 32.3. The Morgan fingerprint density at radius 2 is 1.64 bits per heavy atom. The van der Waals surface area contributed by atoms with Crippen molar-refractivity contribution in [1.82, 2.24) is 10.2 Å². The second-order valence-electron chi connectivity index (χ2n) is 12.5. The highest BCUT2D eigenvalue weighted by Gasteiger charge is 2.38. The molecular formula is C39H39ClN2O5. The smallest absolute Gasteiger partial charge is 0.305 e. The van der Waals surface area contributed by atoms with Gasteiger partial charge in [0.2, 0.25) is 11.8 Å². The van der Waals surface area contributed by atoms with Crippen LogP contribution < -0.4 is 10.1 Å². The minimum Gasteiger partial charge on any atom is -0.489 e. The number of amides is 2. The largest absolute Gasteiger partial charge is 0.489 e. The van der Waals surface area contributed by atoms with Gasteiger partial charge in [-0.2, -0.15) is 0 Å². The Kier molecular flexibility index (Phi) is 10.2. The summed E-state index contributed by atoms with van der Waals surface area (Å²) in [7, 11) is 0. The third-order valence-corrected chi connectivity index (χ3v) is 9.50. The molecule has 1 fully saturated rings. The lowest BCUT2D eigenvalue weighted by atomic mass is 9.90. The summed E-state index contributed by atoms with van der Waals surface area (Å²) in [5.41, 5.74) is 5.29. The van der Waals surface area contributed by atoms with E-state index in [-0.39, 0.29) is 12.3 Å². The van der Waals surface area contributed by atoms with Crippen LogP contribution in [0.15, 0.2) is 97.1 Å². The molecule has 2 amide bonds. The van der Waals surface area contributed by atoms with Gasteiger partial charge in [-0.3, -0.25) is 14.4 Å². The van der Waals surface area contributed by atoms with Crippen molar-refractivity contribution in [3.63, 3.8) is 0 Å². The summed E-state index contributed by atoms with van der Waals surface area (Å²) in [6, 6.07) is 28.9. The maximum atomic E-state index is 14.3. The minimum absolute atomic E-state index is 0.0463. The van der Waals surface area contributed by atoms with Gasteiger partial charge in [0.05, 0.1) is 12.5 Å². The number of benzene rings is 4. The molecule has 7 nitrogen and oxygen atoms in total. The summed E-state index contributed by atoms with van der Waals surface area (Å²) in [6.07, 6.45) is 5.01. The molecule has 1 saturated carbocycles. The number of hydrogen-bond acceptors (Lipinski definition) is 4. The maximum absolute atomic E-state index is 14.3. The summed E-state index contributed by atoms with van der Waals surface area (Å²) in [5.74, 6) is -0.587. The first-order valence-corrected chi connectivity index (χ1v) is 16.7. The van der Waals surface area contributed by atoms with Crippen molar-refractivity contribution < 1.29 is 24.2 Å². The van der Waals surface area contributed by atoms with Crippen LogP contribution in [0.25, 0.3) is 11.1 Å². The topological polar surface area (TPSA) is 95.9 Å². The third-order valence-electron chi connectivity index (χ3n) is 9.26. The van der Waals surface area contributed by atoms with E-state index in [2.05, 4.69) is 5.32 Å². The summed E-state index contributed by atoms with van der Waals surface area (Å²) < 4.78 is 6.12. The quantitative estimate of drug-likeness (QED) is 0.172. The second-order valence-corrected chi connectivity index (χ2v) is 13.0. The molecule has 1 aliphatic carbocycles. The summed E-state index contributed by atoms with van der Waals surface area (Å²) >= 11 is 6.16. The lowest BCUT2D eigenvalue weighted by Crippen LogP contribution is -2.48. The molecule has 0 aromatic heterocycles. The van der Waals surface area contributed by atoms with Gasteiger partial charge in [-0.25, -0.2) is 0 Å². The molecule has 6 rings (SSSR count). The van der Waals surface area contributed by atoms with E-state index in [4.69, 9.17) is 16.3 Å². The fraction of sp³-hybridized carbons (Fsp3) is 0.308. The molecule has 2 aliphatic rings. The number of carbonyl (C=O) groups excluding carboxylic acids is 2. The van der Waals surface area contributed by atoms with Gasteiger partial charge in [-0.1, -0.05) is 97.2 Å². The Morgan fingerprint density at radius 1 is 0.894 bits per heavy atom. The predicted octanol–water partition coefficient (Wildman–Crippen LogP) is 7.92. The molecule has 8 heteroatoms. The summed E-state index contributed by atoms with van der Waals surface area (Å²) in [5, 5.41) is 13.5. The van der Waals surface area contributed by atoms with Gasteiger partial charge in [-0.15, -0.1) is 0 Å². The maximum Gasteiger partial charge on any atom is 0.305 e. The molecule has 1 heterocycles. The lowest BCUT2D eigenvalue weighted by molar-refractivity contribution is -0.143. The number of hydrogen-bond donors (Lipinski definition) is 2. The van der Waals surface area contributed by atoms with Crippen LogP contribution in [-0.4, -0.2) is 34.3 Å². The first-order valence-electron chi connectivity index (χ1n) is 16.3. The third kappa shape index (κ3) is 8.03. The van der Waals surface area contributed by atoms with Gasteiger partial charge in [0.25, 0.3) is 0 Å². The van der Waals surface area contributed by atoms with Crippen molar-refractivity contribution in [2.24, 2.45) is 5.92 Å². The summed E-state index contributed by atoms with van der Waals surface area (Å²) in [6.45, 7) is 0.703. The van der Waals surface area contributed by atoms with Crippen molar-refractivity contribution in [1.29, 1.82) is 0 Å². The number of carbonyl (C=O) groups is 3. The van der Waals surface area contributed by atoms with E-state index >= 15 is 0 Å². The van der Waals surface area contributed by atoms with E-state index in [9.17, 15) is 19.5 Å². The Bertz CT molecular complexity index is 1720. The fourth-order valence-electron chi connectivity index (χ4n) is 6.82. The fourth-order valence-corrected chi connectivity index (χ4v) is 7.04. The van der Waals surface area contributed by atoms with E-state index < -0.39 is 24.0 Å². The number of fused-ring (bicyclic) bond motifs is 1. The number of nitrogens with zero attached hydrogens (tertiary/aromatic N) is 1. The van der Waals surface area contributed by atoms with Gasteiger partial charge in [0, 0.05) is 18.0 Å². The van der Waals surface area contributed by atoms with Gasteiger partial charge < -0.3 is 20.1 Å². The van der Waals surface area contributed by atoms with Crippen LogP contribution in [0.1, 0.15) is 72.9 Å². The standard InChI is InChI=1S/C39H39ClN2O5/c40-32-12-6-9-27(21-32)25-47-33-18-17-30-19-20-42(36(43)22-26-7-4-5-8-26)38(34(30)23-33)39(46)41-35(24-37(44)45)31-15-13-29(14-16-31)28-10-2-1-3-11-28/h1-3,6,9-18,21,23,26,35,38H,4-5,7-8,19-20,22,24-25H2,(H,41,46)(H,44,45). The zero-order chi connectivity index (χ0) is 32.8. The van der Waals surface area contributed by atoms with Gasteiger partial charge in [0.1, 0.15) is 18.4 Å². The molecule has 0 bridgehead atoms. The van der Waals surface area contributed by atoms with Crippen LogP contribution >= 0.6 is 11.6 Å². The molecule has 0 radical (unpaired) electrons. The molecule has 4 aromatic rings. The molecule has 4 aromatic carbocycles. The number of rotatable bonds is 11. The van der Waals surface area contributed by atoms with Crippen LogP contribution in [-0.2, 0) is 27.4 Å². The predicted molar refractivity (Wildman–Crippen MR) is 182 cm³/mol. The number of nitrogens with one attached hydrogen (secondary N) is 1. The number of aliphatic carboxylic acids is 1. The second kappa shape index (κ2) is 14.9. The number of halogens is 1. The normalized spacial score (nSPS) is 16.7. The van der Waals surface area contributed by atoms with Crippen molar-refractivity contribution >= 4 is 29.4 Å². The van der Waals surface area contributed by atoms with E-state index in [1.165, 1.54) is 0 Å². The highest BCUT2D eigenvalue weighted by Crippen LogP contribution is 2.36. The average Bonchev–Trinajstić information content (AvgIpc) is 3.59. The van der Waals surface area contributed by atoms with E-state index in [1.807, 2.05) is 91.0 Å². The highest BCUT2D eigenvalue weighted by atomic mass is 35.5. The van der Waals surface area contributed by atoms with Crippen LogP contribution in [0.2, 0.25) is 5.02 Å². The molecule has 0 spiro atoms. The Hall–Kier alpha value is -4.62. The van der Waals surface area contributed by atoms with Crippen molar-refractivity contribution in [3.05, 3.63) is 124 Å². The lowest BCUT2D eigenvalue weighted by Gasteiger charge is -2.38. The molecule has 2 unspecified atom stereocenters. The van der Waals surface area contributed by atoms with E-state index in [1.54, 1.807) is 11.0 Å². The van der Waals surface area contributed by atoms with Crippen LogP contribution in [0.3, 0.4) is 0 Å². The van der Waals surface area contributed by atoms with Gasteiger partial charge in [0.15, 0.2) is 0 Å². The van der Waals surface area contributed by atoms with E-state index in [0.717, 1.165) is 47.9 Å². The highest BCUT2D eigenvalue weighted by molar-refractivity contribution is 6.30. The summed E-state index contributed by atoms with van der Waals surface area (Å²) in [4.78, 5) is 41.9. The van der Waals surface area contributed by atoms with Gasteiger partial charge in [-0.05, 0) is 82.8 Å². The van der Waals surface area contributed by atoms with Crippen molar-refractivity contribution in [2.45, 2.75) is 63.6 Å². The zero-order valence-electron chi connectivity index (χ0n) is 26.2. The molecular weight excluding hydrogens is 612 g/mol. The van der Waals surface area contributed by atoms with Crippen LogP contribution in [0.4, 0.5) is 0 Å².